The molecular formula is C20H18N2. The minimum absolute atomic E-state index is 1.07. The van der Waals surface area contributed by atoms with Crippen LogP contribution in [0.15, 0.2) is 54.6 Å². The Bertz CT molecular complexity index is 995. The predicted molar refractivity (Wildman–Crippen MR) is 93.1 cm³/mol. The van der Waals surface area contributed by atoms with Crippen molar-refractivity contribution in [2.75, 3.05) is 0 Å². The number of hydrogen-bond acceptors (Lipinski definition) is 1. The van der Waals surface area contributed by atoms with Gasteiger partial charge in [-0.3, -0.25) is 4.98 Å². The Morgan fingerprint density at radius 3 is 2.36 bits per heavy atom. The van der Waals surface area contributed by atoms with Gasteiger partial charge < -0.3 is 4.57 Å². The van der Waals surface area contributed by atoms with Crippen molar-refractivity contribution in [2.45, 2.75) is 13.8 Å². The lowest BCUT2D eigenvalue weighted by molar-refractivity contribution is 0.992. The Labute approximate surface area is 130 Å². The molecule has 0 amide bonds. The maximum absolute atomic E-state index is 4.64. The van der Waals surface area contributed by atoms with Crippen LogP contribution in [0.1, 0.15) is 11.4 Å². The smallest absolute Gasteiger partial charge is 0.0705 e. The van der Waals surface area contributed by atoms with Gasteiger partial charge in [-0.25, -0.2) is 0 Å². The molecule has 0 unspecified atom stereocenters. The highest BCUT2D eigenvalue weighted by molar-refractivity contribution is 6.13. The summed E-state index contributed by atoms with van der Waals surface area (Å²) in [7, 11) is 2.14. The molecule has 0 fully saturated rings. The standard InChI is InChI=1S/C20H18N2/c1-13-12-18-17-11-7-10-16(15-8-5-4-6-9-15)20(17)22(3)19(18)14(2)21-13/h4-12H,1-3H3. The quantitative estimate of drug-likeness (QED) is 0.481. The largest absolute Gasteiger partial charge is 0.342 e. The van der Waals surface area contributed by atoms with Crippen LogP contribution in [0, 0.1) is 13.8 Å². The van der Waals surface area contributed by atoms with Crippen molar-refractivity contribution in [2.24, 2.45) is 7.05 Å². The molecule has 2 heterocycles. The first kappa shape index (κ1) is 13.1. The van der Waals surface area contributed by atoms with Crippen molar-refractivity contribution in [3.05, 3.63) is 66.0 Å². The van der Waals surface area contributed by atoms with Crippen LogP contribution in [0.3, 0.4) is 0 Å². The molecule has 0 saturated heterocycles. The van der Waals surface area contributed by atoms with E-state index in [1.807, 2.05) is 0 Å². The topological polar surface area (TPSA) is 17.8 Å². The number of rotatable bonds is 1. The molecule has 2 nitrogen and oxygen atoms in total. The predicted octanol–water partition coefficient (Wildman–Crippen LogP) is 5.01. The third-order valence-electron chi connectivity index (χ3n) is 4.38. The number of aromatic nitrogens is 2. The van der Waals surface area contributed by atoms with Crippen molar-refractivity contribution >= 4 is 21.8 Å². The Hall–Kier alpha value is -2.61. The minimum atomic E-state index is 1.07. The van der Waals surface area contributed by atoms with E-state index in [4.69, 9.17) is 0 Å². The Morgan fingerprint density at radius 1 is 0.818 bits per heavy atom. The van der Waals surface area contributed by atoms with Gasteiger partial charge in [0, 0.05) is 29.1 Å². The zero-order valence-electron chi connectivity index (χ0n) is 13.1. The number of para-hydroxylation sites is 1. The van der Waals surface area contributed by atoms with Gasteiger partial charge in [-0.15, -0.1) is 0 Å². The summed E-state index contributed by atoms with van der Waals surface area (Å²) >= 11 is 0. The number of hydrogen-bond donors (Lipinski definition) is 0. The van der Waals surface area contributed by atoms with Crippen molar-refractivity contribution in [1.29, 1.82) is 0 Å². The van der Waals surface area contributed by atoms with E-state index in [-0.39, 0.29) is 0 Å². The van der Waals surface area contributed by atoms with Gasteiger partial charge in [-0.1, -0.05) is 48.5 Å². The van der Waals surface area contributed by atoms with E-state index < -0.39 is 0 Å². The summed E-state index contributed by atoms with van der Waals surface area (Å²) in [4.78, 5) is 4.64. The van der Waals surface area contributed by atoms with Crippen LogP contribution in [-0.4, -0.2) is 9.55 Å². The van der Waals surface area contributed by atoms with Crippen LogP contribution in [0.5, 0.6) is 0 Å². The molecule has 0 N–H and O–H groups in total. The molecule has 0 aliphatic heterocycles. The molecule has 4 aromatic rings. The Balaban J connectivity index is 2.21. The lowest BCUT2D eigenvalue weighted by Crippen LogP contribution is -1.94. The molecule has 2 aromatic heterocycles. The number of fused-ring (bicyclic) bond motifs is 3. The molecule has 0 aliphatic carbocycles. The maximum Gasteiger partial charge on any atom is 0.0705 e. The summed E-state index contributed by atoms with van der Waals surface area (Å²) < 4.78 is 2.29. The highest BCUT2D eigenvalue weighted by atomic mass is 15.0. The summed E-state index contributed by atoms with van der Waals surface area (Å²) in [5, 5.41) is 2.59. The first-order chi connectivity index (χ1) is 10.7. The maximum atomic E-state index is 4.64. The molecule has 22 heavy (non-hydrogen) atoms. The van der Waals surface area contributed by atoms with Gasteiger partial charge in [0.15, 0.2) is 0 Å². The molecule has 0 atom stereocenters. The van der Waals surface area contributed by atoms with Crippen LogP contribution >= 0.6 is 0 Å². The van der Waals surface area contributed by atoms with E-state index in [1.54, 1.807) is 0 Å². The van der Waals surface area contributed by atoms with Crippen LogP contribution < -0.4 is 0 Å². The second kappa shape index (κ2) is 4.70. The number of nitrogens with zero attached hydrogens (tertiary/aromatic N) is 2. The monoisotopic (exact) mass is 286 g/mol. The van der Waals surface area contributed by atoms with Crippen molar-refractivity contribution in [3.8, 4) is 11.1 Å². The van der Waals surface area contributed by atoms with Crippen LogP contribution in [0.4, 0.5) is 0 Å². The molecule has 0 saturated carbocycles. The van der Waals surface area contributed by atoms with Gasteiger partial charge in [0.25, 0.3) is 0 Å². The SMILES string of the molecule is Cc1cc2c3cccc(-c4ccccc4)c3n(C)c2c(C)n1. The van der Waals surface area contributed by atoms with Crippen LogP contribution in [0.2, 0.25) is 0 Å². The molecule has 2 heteroatoms. The van der Waals surface area contributed by atoms with Crippen molar-refractivity contribution in [1.82, 2.24) is 9.55 Å². The summed E-state index contributed by atoms with van der Waals surface area (Å²) in [5.41, 5.74) is 7.19. The fourth-order valence-electron chi connectivity index (χ4n) is 3.54. The van der Waals surface area contributed by atoms with E-state index in [1.165, 1.54) is 32.9 Å². The van der Waals surface area contributed by atoms with Gasteiger partial charge in [0.05, 0.1) is 16.7 Å². The van der Waals surface area contributed by atoms with Crippen LogP contribution in [0.25, 0.3) is 32.9 Å². The zero-order chi connectivity index (χ0) is 15.3. The third kappa shape index (κ3) is 1.77. The number of aryl methyl sites for hydroxylation is 3. The number of benzene rings is 2. The second-order valence-corrected chi connectivity index (χ2v) is 5.87. The molecular weight excluding hydrogens is 268 g/mol. The van der Waals surface area contributed by atoms with E-state index in [9.17, 15) is 0 Å². The lowest BCUT2D eigenvalue weighted by Gasteiger charge is -2.07. The molecule has 0 spiro atoms. The lowest BCUT2D eigenvalue weighted by atomic mass is 10.0. The van der Waals surface area contributed by atoms with E-state index >= 15 is 0 Å². The molecule has 108 valence electrons. The Morgan fingerprint density at radius 2 is 1.59 bits per heavy atom. The average Bonchev–Trinajstić information content (AvgIpc) is 2.81. The van der Waals surface area contributed by atoms with E-state index in [0.29, 0.717) is 0 Å². The van der Waals surface area contributed by atoms with Crippen LogP contribution in [-0.2, 0) is 7.05 Å². The number of pyridine rings is 1. The summed E-state index contributed by atoms with van der Waals surface area (Å²) in [5.74, 6) is 0. The summed E-state index contributed by atoms with van der Waals surface area (Å²) in [6, 6.07) is 19.3. The van der Waals surface area contributed by atoms with Gasteiger partial charge in [0.2, 0.25) is 0 Å². The molecule has 0 radical (unpaired) electrons. The van der Waals surface area contributed by atoms with Gasteiger partial charge in [0.1, 0.15) is 0 Å². The fourth-order valence-corrected chi connectivity index (χ4v) is 3.54. The summed E-state index contributed by atoms with van der Waals surface area (Å²) in [6.45, 7) is 4.16. The normalized spacial score (nSPS) is 11.4. The molecule has 0 aliphatic rings. The first-order valence-electron chi connectivity index (χ1n) is 7.57. The van der Waals surface area contributed by atoms with E-state index in [0.717, 1.165) is 11.4 Å². The van der Waals surface area contributed by atoms with Crippen molar-refractivity contribution < 1.29 is 0 Å². The van der Waals surface area contributed by atoms with Gasteiger partial charge >= 0.3 is 0 Å². The summed E-state index contributed by atoms with van der Waals surface area (Å²) in [6.07, 6.45) is 0. The average molecular weight is 286 g/mol. The Kier molecular flexibility index (Phi) is 2.80. The minimum Gasteiger partial charge on any atom is -0.342 e. The first-order valence-corrected chi connectivity index (χ1v) is 7.57. The second-order valence-electron chi connectivity index (χ2n) is 5.87. The molecule has 4 rings (SSSR count). The fraction of sp³-hybridized carbons (Fsp3) is 0.150. The van der Waals surface area contributed by atoms with Crippen molar-refractivity contribution in [3.63, 3.8) is 0 Å². The highest BCUT2D eigenvalue weighted by Gasteiger charge is 2.15. The van der Waals surface area contributed by atoms with E-state index in [2.05, 4.69) is 85.0 Å². The molecule has 0 bridgehead atoms. The highest BCUT2D eigenvalue weighted by Crippen LogP contribution is 2.36. The van der Waals surface area contributed by atoms with Gasteiger partial charge in [-0.05, 0) is 25.5 Å². The van der Waals surface area contributed by atoms with Gasteiger partial charge in [-0.2, -0.15) is 0 Å². The zero-order valence-corrected chi connectivity index (χ0v) is 13.1. The third-order valence-corrected chi connectivity index (χ3v) is 4.38. The molecule has 2 aromatic carbocycles.